The van der Waals surface area contributed by atoms with E-state index in [1.54, 1.807) is 0 Å². The number of rotatable bonds is 7. The molecule has 106 valence electrons. The molecule has 2 aromatic rings. The van der Waals surface area contributed by atoms with E-state index in [4.69, 9.17) is 11.6 Å². The second-order valence-corrected chi connectivity index (χ2v) is 5.41. The number of nitrogens with one attached hydrogen (secondary N) is 1. The highest BCUT2D eigenvalue weighted by Crippen LogP contribution is 2.22. The van der Waals surface area contributed by atoms with Crippen LogP contribution in [0.15, 0.2) is 54.6 Å². The van der Waals surface area contributed by atoms with Crippen LogP contribution in [0.1, 0.15) is 36.9 Å². The van der Waals surface area contributed by atoms with Crippen LogP contribution in [-0.4, -0.2) is 6.54 Å². The van der Waals surface area contributed by atoms with Gasteiger partial charge in [-0.25, -0.2) is 0 Å². The number of benzene rings is 2. The van der Waals surface area contributed by atoms with Gasteiger partial charge < -0.3 is 5.32 Å². The van der Waals surface area contributed by atoms with E-state index in [-0.39, 0.29) is 0 Å². The summed E-state index contributed by atoms with van der Waals surface area (Å²) in [5, 5.41) is 4.45. The van der Waals surface area contributed by atoms with Crippen LogP contribution in [0.2, 0.25) is 5.02 Å². The van der Waals surface area contributed by atoms with Gasteiger partial charge in [0.2, 0.25) is 0 Å². The van der Waals surface area contributed by atoms with Gasteiger partial charge in [-0.05, 0) is 43.0 Å². The van der Waals surface area contributed by atoms with Gasteiger partial charge in [0.05, 0.1) is 0 Å². The summed E-state index contributed by atoms with van der Waals surface area (Å²) in [7, 11) is 0. The maximum Gasteiger partial charge on any atom is 0.0437 e. The Morgan fingerprint density at radius 1 is 1.00 bits per heavy atom. The maximum atomic E-state index is 6.20. The fourth-order valence-corrected chi connectivity index (χ4v) is 2.75. The summed E-state index contributed by atoms with van der Waals surface area (Å²) in [4.78, 5) is 0. The molecule has 0 heterocycles. The first-order chi connectivity index (χ1) is 9.81. The fourth-order valence-electron chi connectivity index (χ4n) is 2.52. The zero-order valence-corrected chi connectivity index (χ0v) is 12.7. The van der Waals surface area contributed by atoms with Gasteiger partial charge in [0.25, 0.3) is 0 Å². The van der Waals surface area contributed by atoms with E-state index in [2.05, 4.69) is 54.7 Å². The summed E-state index contributed by atoms with van der Waals surface area (Å²) in [6.45, 7) is 3.15. The zero-order chi connectivity index (χ0) is 14.2. The van der Waals surface area contributed by atoms with Gasteiger partial charge in [0.15, 0.2) is 0 Å². The second-order valence-electron chi connectivity index (χ2n) is 5.00. The molecule has 0 saturated heterocycles. The summed E-state index contributed by atoms with van der Waals surface area (Å²) >= 11 is 6.20. The van der Waals surface area contributed by atoms with Gasteiger partial charge in [-0.2, -0.15) is 0 Å². The predicted molar refractivity (Wildman–Crippen MR) is 87.2 cm³/mol. The lowest BCUT2D eigenvalue weighted by Gasteiger charge is -2.18. The van der Waals surface area contributed by atoms with Crippen LogP contribution in [0, 0.1) is 0 Å². The standard InChI is InChI=1S/C18H22ClN/c1-2-20-18(16-10-4-3-5-11-16)14-8-12-15-9-6-7-13-17(15)19/h3-7,9-11,13,18,20H,2,8,12,14H2,1H3. The predicted octanol–water partition coefficient (Wildman–Crippen LogP) is 5.01. The Bertz CT molecular complexity index is 510. The smallest absolute Gasteiger partial charge is 0.0437 e. The Morgan fingerprint density at radius 2 is 1.70 bits per heavy atom. The topological polar surface area (TPSA) is 12.0 Å². The fraction of sp³-hybridized carbons (Fsp3) is 0.333. The molecule has 1 N–H and O–H groups in total. The molecule has 1 nitrogen and oxygen atoms in total. The number of halogens is 1. The summed E-state index contributed by atoms with van der Waals surface area (Å²) in [5.41, 5.74) is 2.62. The van der Waals surface area contributed by atoms with Crippen molar-refractivity contribution in [3.63, 3.8) is 0 Å². The first-order valence-corrected chi connectivity index (χ1v) is 7.70. The second kappa shape index (κ2) is 8.08. The average molecular weight is 288 g/mol. The molecule has 0 radical (unpaired) electrons. The molecular formula is C18H22ClN. The summed E-state index contributed by atoms with van der Waals surface area (Å²) in [6, 6.07) is 19.2. The molecule has 2 heteroatoms. The molecule has 0 aliphatic carbocycles. The van der Waals surface area contributed by atoms with Crippen molar-refractivity contribution in [2.24, 2.45) is 0 Å². The van der Waals surface area contributed by atoms with Crippen molar-refractivity contribution in [3.8, 4) is 0 Å². The summed E-state index contributed by atoms with van der Waals surface area (Å²) < 4.78 is 0. The molecule has 20 heavy (non-hydrogen) atoms. The molecule has 1 unspecified atom stereocenters. The van der Waals surface area contributed by atoms with Crippen LogP contribution in [0.3, 0.4) is 0 Å². The lowest BCUT2D eigenvalue weighted by Crippen LogP contribution is -2.20. The SMILES string of the molecule is CCNC(CCCc1ccccc1Cl)c1ccccc1. The van der Waals surface area contributed by atoms with Crippen LogP contribution < -0.4 is 5.32 Å². The van der Waals surface area contributed by atoms with Crippen molar-refractivity contribution in [3.05, 3.63) is 70.7 Å². The van der Waals surface area contributed by atoms with E-state index in [0.29, 0.717) is 6.04 Å². The van der Waals surface area contributed by atoms with Gasteiger partial charge in [0, 0.05) is 11.1 Å². The van der Waals surface area contributed by atoms with Gasteiger partial charge in [-0.15, -0.1) is 0 Å². The molecule has 0 aliphatic heterocycles. The minimum absolute atomic E-state index is 0.434. The molecule has 0 bridgehead atoms. The van der Waals surface area contributed by atoms with Crippen molar-refractivity contribution >= 4 is 11.6 Å². The van der Waals surface area contributed by atoms with E-state index in [9.17, 15) is 0 Å². The van der Waals surface area contributed by atoms with Gasteiger partial charge in [0.1, 0.15) is 0 Å². The summed E-state index contributed by atoms with van der Waals surface area (Å²) in [5.74, 6) is 0. The Kier molecular flexibility index (Phi) is 6.10. The minimum atomic E-state index is 0.434. The van der Waals surface area contributed by atoms with Crippen molar-refractivity contribution in [2.45, 2.75) is 32.2 Å². The monoisotopic (exact) mass is 287 g/mol. The Morgan fingerprint density at radius 3 is 2.40 bits per heavy atom. The third-order valence-electron chi connectivity index (χ3n) is 3.55. The molecule has 0 spiro atoms. The number of aryl methyl sites for hydroxylation is 1. The largest absolute Gasteiger partial charge is 0.310 e. The third-order valence-corrected chi connectivity index (χ3v) is 3.92. The number of hydrogen-bond acceptors (Lipinski definition) is 1. The molecular weight excluding hydrogens is 266 g/mol. The lowest BCUT2D eigenvalue weighted by atomic mass is 9.99. The van der Waals surface area contributed by atoms with Crippen molar-refractivity contribution in [1.82, 2.24) is 5.32 Å². The Hall–Kier alpha value is -1.31. The van der Waals surface area contributed by atoms with Crippen LogP contribution in [0.5, 0.6) is 0 Å². The first kappa shape index (κ1) is 15.1. The normalized spacial score (nSPS) is 12.3. The third kappa shape index (κ3) is 4.36. The molecule has 2 aromatic carbocycles. The highest BCUT2D eigenvalue weighted by molar-refractivity contribution is 6.31. The minimum Gasteiger partial charge on any atom is -0.310 e. The first-order valence-electron chi connectivity index (χ1n) is 7.33. The quantitative estimate of drug-likeness (QED) is 0.754. The zero-order valence-electron chi connectivity index (χ0n) is 12.0. The molecule has 0 fully saturated rings. The maximum absolute atomic E-state index is 6.20. The number of hydrogen-bond donors (Lipinski definition) is 1. The van der Waals surface area contributed by atoms with Gasteiger partial charge in [-0.3, -0.25) is 0 Å². The van der Waals surface area contributed by atoms with Crippen LogP contribution in [-0.2, 0) is 6.42 Å². The van der Waals surface area contributed by atoms with Gasteiger partial charge in [-0.1, -0.05) is 67.1 Å². The Balaban J connectivity index is 1.92. The highest BCUT2D eigenvalue weighted by atomic mass is 35.5. The van der Waals surface area contributed by atoms with Crippen LogP contribution >= 0.6 is 11.6 Å². The molecule has 0 amide bonds. The molecule has 0 aromatic heterocycles. The molecule has 1 atom stereocenters. The van der Waals surface area contributed by atoms with E-state index < -0.39 is 0 Å². The van der Waals surface area contributed by atoms with E-state index in [1.165, 1.54) is 11.1 Å². The molecule has 2 rings (SSSR count). The van der Waals surface area contributed by atoms with Crippen molar-refractivity contribution in [1.29, 1.82) is 0 Å². The lowest BCUT2D eigenvalue weighted by molar-refractivity contribution is 0.498. The van der Waals surface area contributed by atoms with E-state index in [1.807, 2.05) is 12.1 Å². The molecule has 0 aliphatic rings. The Labute approximate surface area is 127 Å². The van der Waals surface area contributed by atoms with Gasteiger partial charge >= 0.3 is 0 Å². The highest BCUT2D eigenvalue weighted by Gasteiger charge is 2.09. The van der Waals surface area contributed by atoms with Crippen LogP contribution in [0.25, 0.3) is 0 Å². The summed E-state index contributed by atoms with van der Waals surface area (Å²) in [6.07, 6.45) is 3.30. The average Bonchev–Trinajstić information content (AvgIpc) is 2.49. The molecule has 0 saturated carbocycles. The van der Waals surface area contributed by atoms with Crippen molar-refractivity contribution < 1.29 is 0 Å². The van der Waals surface area contributed by atoms with E-state index in [0.717, 1.165) is 30.8 Å². The van der Waals surface area contributed by atoms with E-state index >= 15 is 0 Å². The van der Waals surface area contributed by atoms with Crippen molar-refractivity contribution in [2.75, 3.05) is 6.54 Å². The van der Waals surface area contributed by atoms with Crippen LogP contribution in [0.4, 0.5) is 0 Å².